The van der Waals surface area contributed by atoms with Crippen LogP contribution in [0, 0.1) is 0 Å². The molecule has 8 heteroatoms. The van der Waals surface area contributed by atoms with Gasteiger partial charge >= 0.3 is 0 Å². The van der Waals surface area contributed by atoms with Gasteiger partial charge in [0, 0.05) is 4.47 Å². The molecule has 0 saturated heterocycles. The van der Waals surface area contributed by atoms with E-state index in [4.69, 9.17) is 21.8 Å². The molecule has 0 unspecified atom stereocenters. The monoisotopic (exact) mass is 343 g/mol. The second kappa shape index (κ2) is 6.12. The lowest BCUT2D eigenvalue weighted by molar-refractivity contribution is 0.185. The molecule has 0 fully saturated rings. The molecule has 0 saturated carbocycles. The van der Waals surface area contributed by atoms with E-state index in [-0.39, 0.29) is 9.92 Å². The Hall–Kier alpha value is -0.180. The Balaban J connectivity index is 3.05. The number of nitrogens with one attached hydrogen (secondary N) is 1. The van der Waals surface area contributed by atoms with Crippen molar-refractivity contribution in [1.82, 2.24) is 4.72 Å². The normalized spacial score (nSPS) is 12.1. The molecule has 1 aromatic rings. The van der Waals surface area contributed by atoms with E-state index in [1.807, 2.05) is 0 Å². The average molecular weight is 345 g/mol. The van der Waals surface area contributed by atoms with E-state index in [2.05, 4.69) is 20.7 Å². The summed E-state index contributed by atoms with van der Waals surface area (Å²) in [5.41, 5.74) is 0. The highest BCUT2D eigenvalue weighted by Crippen LogP contribution is 2.25. The highest BCUT2D eigenvalue weighted by atomic mass is 79.9. The summed E-state index contributed by atoms with van der Waals surface area (Å²) < 4.78 is 26.5. The molecule has 0 heterocycles. The topological polar surface area (TPSA) is 86.6 Å². The van der Waals surface area contributed by atoms with Gasteiger partial charge < -0.3 is 10.2 Å². The SMILES string of the molecule is O=S(=O)(NC(CO)CO)c1ccc(Br)cc1Cl. The van der Waals surface area contributed by atoms with Crippen molar-refractivity contribution in [2.24, 2.45) is 0 Å². The highest BCUT2D eigenvalue weighted by molar-refractivity contribution is 9.10. The van der Waals surface area contributed by atoms with Gasteiger partial charge in [-0.3, -0.25) is 0 Å². The fraction of sp³-hybridized carbons (Fsp3) is 0.333. The standard InChI is InChI=1S/C9H11BrClNO4S/c10-6-1-2-9(8(11)3-6)17(15,16)12-7(4-13)5-14/h1-3,7,12-14H,4-5H2. The van der Waals surface area contributed by atoms with Crippen LogP contribution in [0.4, 0.5) is 0 Å². The third kappa shape index (κ3) is 3.90. The van der Waals surface area contributed by atoms with Gasteiger partial charge in [0.2, 0.25) is 10.0 Å². The van der Waals surface area contributed by atoms with E-state index in [1.54, 1.807) is 0 Å². The van der Waals surface area contributed by atoms with Gasteiger partial charge in [-0.15, -0.1) is 0 Å². The minimum atomic E-state index is -3.85. The molecule has 0 amide bonds. The Kier molecular flexibility index (Phi) is 5.36. The van der Waals surface area contributed by atoms with Gasteiger partial charge in [0.15, 0.2) is 0 Å². The zero-order valence-corrected chi connectivity index (χ0v) is 11.8. The Labute approximate surface area is 113 Å². The summed E-state index contributed by atoms with van der Waals surface area (Å²) in [4.78, 5) is -0.103. The molecule has 0 bridgehead atoms. The van der Waals surface area contributed by atoms with Crippen LogP contribution in [0.25, 0.3) is 0 Å². The number of hydrogen-bond acceptors (Lipinski definition) is 4. The van der Waals surface area contributed by atoms with Crippen molar-refractivity contribution in [2.75, 3.05) is 13.2 Å². The van der Waals surface area contributed by atoms with Gasteiger partial charge in [-0.25, -0.2) is 13.1 Å². The van der Waals surface area contributed by atoms with Crippen molar-refractivity contribution in [3.05, 3.63) is 27.7 Å². The van der Waals surface area contributed by atoms with Crippen LogP contribution in [0.5, 0.6) is 0 Å². The summed E-state index contributed by atoms with van der Waals surface area (Å²) in [5, 5.41) is 17.7. The first-order valence-electron chi connectivity index (χ1n) is 4.60. The highest BCUT2D eigenvalue weighted by Gasteiger charge is 2.21. The lowest BCUT2D eigenvalue weighted by Gasteiger charge is -2.14. The van der Waals surface area contributed by atoms with Gasteiger partial charge in [0.1, 0.15) is 4.90 Å². The number of halogens is 2. The fourth-order valence-electron chi connectivity index (χ4n) is 1.11. The summed E-state index contributed by atoms with van der Waals surface area (Å²) in [6, 6.07) is 3.37. The van der Waals surface area contributed by atoms with Gasteiger partial charge in [-0.05, 0) is 18.2 Å². The van der Waals surface area contributed by atoms with Crippen molar-refractivity contribution in [3.63, 3.8) is 0 Å². The first kappa shape index (κ1) is 14.9. The van der Waals surface area contributed by atoms with Crippen LogP contribution in [0.1, 0.15) is 0 Å². The van der Waals surface area contributed by atoms with E-state index in [0.29, 0.717) is 4.47 Å². The van der Waals surface area contributed by atoms with Crippen LogP contribution < -0.4 is 4.72 Å². The molecule has 1 aromatic carbocycles. The van der Waals surface area contributed by atoms with Gasteiger partial charge in [0.05, 0.1) is 24.3 Å². The number of aliphatic hydroxyl groups excluding tert-OH is 2. The molecule has 0 aliphatic heterocycles. The summed E-state index contributed by atoms with van der Waals surface area (Å²) in [7, 11) is -3.85. The molecular formula is C9H11BrClNO4S. The first-order chi connectivity index (χ1) is 7.90. The van der Waals surface area contributed by atoms with Crippen LogP contribution in [0.2, 0.25) is 5.02 Å². The molecule has 3 N–H and O–H groups in total. The van der Waals surface area contributed by atoms with Crippen LogP contribution in [0.15, 0.2) is 27.6 Å². The number of rotatable bonds is 5. The van der Waals surface area contributed by atoms with E-state index < -0.39 is 29.3 Å². The predicted octanol–water partition coefficient (Wildman–Crippen LogP) is 0.734. The van der Waals surface area contributed by atoms with Crippen molar-refractivity contribution in [2.45, 2.75) is 10.9 Å². The van der Waals surface area contributed by atoms with Crippen LogP contribution in [0.3, 0.4) is 0 Å². The molecule has 0 radical (unpaired) electrons. The fourth-order valence-corrected chi connectivity index (χ4v) is 3.36. The minimum absolute atomic E-state index is 0.0569. The molecular weight excluding hydrogens is 334 g/mol. The number of hydrogen-bond donors (Lipinski definition) is 3. The number of sulfonamides is 1. The molecule has 0 aromatic heterocycles. The van der Waals surface area contributed by atoms with Crippen molar-refractivity contribution >= 4 is 37.6 Å². The smallest absolute Gasteiger partial charge is 0.242 e. The molecule has 5 nitrogen and oxygen atoms in total. The third-order valence-corrected chi connectivity index (χ3v) is 4.44. The summed E-state index contributed by atoms with van der Waals surface area (Å²) >= 11 is 8.97. The summed E-state index contributed by atoms with van der Waals surface area (Å²) in [5.74, 6) is 0. The average Bonchev–Trinajstić information content (AvgIpc) is 2.25. The number of benzene rings is 1. The van der Waals surface area contributed by atoms with E-state index in [1.165, 1.54) is 18.2 Å². The second-order valence-electron chi connectivity index (χ2n) is 3.26. The molecule has 1 rings (SSSR count). The first-order valence-corrected chi connectivity index (χ1v) is 7.25. The zero-order valence-electron chi connectivity index (χ0n) is 8.60. The van der Waals surface area contributed by atoms with E-state index >= 15 is 0 Å². The largest absolute Gasteiger partial charge is 0.395 e. The maximum Gasteiger partial charge on any atom is 0.242 e. The number of aliphatic hydroxyl groups is 2. The minimum Gasteiger partial charge on any atom is -0.395 e. The van der Waals surface area contributed by atoms with Crippen molar-refractivity contribution in [3.8, 4) is 0 Å². The Bertz CT molecular complexity index is 490. The van der Waals surface area contributed by atoms with E-state index in [9.17, 15) is 8.42 Å². The molecule has 0 spiro atoms. The zero-order chi connectivity index (χ0) is 13.1. The lowest BCUT2D eigenvalue weighted by atomic mass is 10.4. The molecule has 17 heavy (non-hydrogen) atoms. The van der Waals surface area contributed by atoms with Crippen LogP contribution in [-0.4, -0.2) is 37.9 Å². The Morgan fingerprint density at radius 3 is 2.41 bits per heavy atom. The molecule has 96 valence electrons. The third-order valence-electron chi connectivity index (χ3n) is 1.95. The Morgan fingerprint density at radius 1 is 1.35 bits per heavy atom. The predicted molar refractivity (Wildman–Crippen MR) is 67.4 cm³/mol. The Morgan fingerprint density at radius 2 is 1.94 bits per heavy atom. The lowest BCUT2D eigenvalue weighted by Crippen LogP contribution is -2.40. The maximum absolute atomic E-state index is 11.9. The van der Waals surface area contributed by atoms with E-state index in [0.717, 1.165) is 0 Å². The summed E-state index contributed by atoms with van der Waals surface area (Å²) in [6.07, 6.45) is 0. The second-order valence-corrected chi connectivity index (χ2v) is 6.26. The van der Waals surface area contributed by atoms with Crippen molar-refractivity contribution < 1.29 is 18.6 Å². The van der Waals surface area contributed by atoms with Gasteiger partial charge in [-0.2, -0.15) is 0 Å². The molecule has 0 atom stereocenters. The van der Waals surface area contributed by atoms with Crippen LogP contribution >= 0.6 is 27.5 Å². The van der Waals surface area contributed by atoms with Crippen LogP contribution in [-0.2, 0) is 10.0 Å². The van der Waals surface area contributed by atoms with Gasteiger partial charge in [-0.1, -0.05) is 27.5 Å². The van der Waals surface area contributed by atoms with Crippen molar-refractivity contribution in [1.29, 1.82) is 0 Å². The van der Waals surface area contributed by atoms with Gasteiger partial charge in [0.25, 0.3) is 0 Å². The molecule has 0 aliphatic rings. The quantitative estimate of drug-likeness (QED) is 0.735. The summed E-state index contributed by atoms with van der Waals surface area (Å²) in [6.45, 7) is -0.992. The maximum atomic E-state index is 11.9. The molecule has 0 aliphatic carbocycles.